The number of nitrogens with one attached hydrogen (secondary N) is 1. The van der Waals surface area contributed by atoms with E-state index in [4.69, 9.17) is 4.52 Å². The Morgan fingerprint density at radius 2 is 2.21 bits per heavy atom. The van der Waals surface area contributed by atoms with Gasteiger partial charge in [-0.1, -0.05) is 28.9 Å². The molecule has 28 heavy (non-hydrogen) atoms. The molecule has 3 heterocycles. The Bertz CT molecular complexity index is 963. The van der Waals surface area contributed by atoms with Crippen molar-refractivity contribution in [3.8, 4) is 11.4 Å². The average molecular weight is 380 g/mol. The van der Waals surface area contributed by atoms with Crippen LogP contribution in [0.15, 0.2) is 28.8 Å². The van der Waals surface area contributed by atoms with E-state index < -0.39 is 0 Å². The number of H-pyrrole nitrogens is 1. The van der Waals surface area contributed by atoms with E-state index in [-0.39, 0.29) is 11.9 Å². The van der Waals surface area contributed by atoms with Crippen LogP contribution in [-0.4, -0.2) is 42.7 Å². The van der Waals surface area contributed by atoms with E-state index in [0.717, 1.165) is 36.3 Å². The maximum absolute atomic E-state index is 12.7. The van der Waals surface area contributed by atoms with Crippen LogP contribution in [0, 0.1) is 13.8 Å². The fourth-order valence-electron chi connectivity index (χ4n) is 3.63. The first-order valence-corrected chi connectivity index (χ1v) is 9.68. The summed E-state index contributed by atoms with van der Waals surface area (Å²) in [6.45, 7) is 4.66. The van der Waals surface area contributed by atoms with E-state index >= 15 is 0 Å². The van der Waals surface area contributed by atoms with Crippen molar-refractivity contribution in [3.63, 3.8) is 0 Å². The van der Waals surface area contributed by atoms with Gasteiger partial charge >= 0.3 is 0 Å². The highest BCUT2D eigenvalue weighted by molar-refractivity contribution is 5.76. The summed E-state index contributed by atoms with van der Waals surface area (Å²) in [6, 6.07) is 7.97. The minimum absolute atomic E-state index is 0.0197. The maximum Gasteiger partial charge on any atom is 0.226 e. The van der Waals surface area contributed by atoms with Crippen LogP contribution in [0.3, 0.4) is 0 Å². The first kappa shape index (κ1) is 18.3. The van der Waals surface area contributed by atoms with Crippen LogP contribution < -0.4 is 0 Å². The number of hydrogen-bond acceptors (Lipinski definition) is 6. The monoisotopic (exact) mass is 380 g/mol. The van der Waals surface area contributed by atoms with Gasteiger partial charge in [0.1, 0.15) is 5.82 Å². The summed E-state index contributed by atoms with van der Waals surface area (Å²) in [5.74, 6) is 2.76. The molecule has 0 radical (unpaired) electrons. The highest BCUT2D eigenvalue weighted by Gasteiger charge is 2.32. The summed E-state index contributed by atoms with van der Waals surface area (Å²) in [5.41, 5.74) is 2.09. The second-order valence-corrected chi connectivity index (χ2v) is 7.26. The van der Waals surface area contributed by atoms with Crippen molar-refractivity contribution >= 4 is 5.91 Å². The van der Waals surface area contributed by atoms with Crippen LogP contribution in [0.4, 0.5) is 0 Å². The van der Waals surface area contributed by atoms with Crippen molar-refractivity contribution in [2.45, 2.75) is 52.0 Å². The van der Waals surface area contributed by atoms with Crippen molar-refractivity contribution in [2.24, 2.45) is 0 Å². The molecule has 1 aliphatic heterocycles. The lowest BCUT2D eigenvalue weighted by Gasteiger charge is -2.22. The summed E-state index contributed by atoms with van der Waals surface area (Å²) >= 11 is 0. The summed E-state index contributed by atoms with van der Waals surface area (Å²) in [5, 5.41) is 11.2. The first-order valence-electron chi connectivity index (χ1n) is 9.68. The molecule has 0 unspecified atom stereocenters. The largest absolute Gasteiger partial charge is 0.339 e. The summed E-state index contributed by atoms with van der Waals surface area (Å²) in [4.78, 5) is 23.4. The third-order valence-corrected chi connectivity index (χ3v) is 5.01. The van der Waals surface area contributed by atoms with Crippen LogP contribution in [0.5, 0.6) is 0 Å². The molecule has 0 bridgehead atoms. The van der Waals surface area contributed by atoms with Gasteiger partial charge in [0.2, 0.25) is 17.6 Å². The number of likely N-dealkylation sites (tertiary alicyclic amines) is 1. The van der Waals surface area contributed by atoms with Gasteiger partial charge in [0.25, 0.3) is 0 Å². The summed E-state index contributed by atoms with van der Waals surface area (Å²) in [7, 11) is 0. The van der Waals surface area contributed by atoms with Gasteiger partial charge in [0.05, 0.1) is 6.04 Å². The number of carbonyl (C=O) groups excluding carboxylic acids is 1. The van der Waals surface area contributed by atoms with E-state index in [1.54, 1.807) is 0 Å². The number of benzene rings is 1. The number of aromatic nitrogens is 5. The lowest BCUT2D eigenvalue weighted by atomic mass is 10.1. The highest BCUT2D eigenvalue weighted by Crippen LogP contribution is 2.30. The number of carbonyl (C=O) groups is 1. The molecular weight excluding hydrogens is 356 g/mol. The number of amides is 1. The number of aromatic amines is 1. The van der Waals surface area contributed by atoms with Crippen LogP contribution in [0.2, 0.25) is 0 Å². The number of nitrogens with zero attached hydrogens (tertiary/aromatic N) is 5. The Labute approximate surface area is 163 Å². The predicted octanol–water partition coefficient (Wildman–Crippen LogP) is 3.16. The molecule has 0 spiro atoms. The van der Waals surface area contributed by atoms with Crippen LogP contribution in [0.1, 0.15) is 54.8 Å². The summed E-state index contributed by atoms with van der Waals surface area (Å²) in [6.07, 6.45) is 3.59. The number of hydrogen-bond donors (Lipinski definition) is 1. The Kier molecular flexibility index (Phi) is 5.18. The molecule has 8 heteroatoms. The molecule has 4 rings (SSSR count). The topological polar surface area (TPSA) is 101 Å². The summed E-state index contributed by atoms with van der Waals surface area (Å²) < 4.78 is 5.35. The van der Waals surface area contributed by atoms with Gasteiger partial charge in [-0.3, -0.25) is 9.89 Å². The van der Waals surface area contributed by atoms with Gasteiger partial charge in [0.15, 0.2) is 5.82 Å². The van der Waals surface area contributed by atoms with Gasteiger partial charge in [-0.2, -0.15) is 10.1 Å². The van der Waals surface area contributed by atoms with Gasteiger partial charge in [0, 0.05) is 24.9 Å². The molecule has 1 atom stereocenters. The van der Waals surface area contributed by atoms with E-state index in [1.165, 1.54) is 0 Å². The van der Waals surface area contributed by atoms with Crippen LogP contribution in [0.25, 0.3) is 11.4 Å². The normalized spacial score (nSPS) is 16.6. The van der Waals surface area contributed by atoms with Crippen LogP contribution >= 0.6 is 0 Å². The molecule has 146 valence electrons. The lowest BCUT2D eigenvalue weighted by molar-refractivity contribution is -0.132. The Hall–Kier alpha value is -3.03. The molecule has 1 saturated heterocycles. The van der Waals surface area contributed by atoms with Crippen molar-refractivity contribution in [1.82, 2.24) is 30.2 Å². The third kappa shape index (κ3) is 3.95. The molecule has 1 aromatic carbocycles. The van der Waals surface area contributed by atoms with Gasteiger partial charge in [-0.05, 0) is 39.2 Å². The highest BCUT2D eigenvalue weighted by atomic mass is 16.5. The standard InChI is InChI=1S/C20H24N6O2/c1-13-6-3-7-15(12-13)19-22-17(28-25-19)9-4-10-18(27)26-11-5-8-16(26)20-21-14(2)23-24-20/h3,6-7,12,16H,4-5,8-11H2,1-2H3,(H,21,23,24)/t16-/m1/s1. The zero-order valence-corrected chi connectivity index (χ0v) is 16.2. The van der Waals surface area contributed by atoms with Crippen molar-refractivity contribution in [1.29, 1.82) is 0 Å². The molecule has 3 aromatic rings. The fourth-order valence-corrected chi connectivity index (χ4v) is 3.63. The SMILES string of the molecule is Cc1cccc(-c2noc(CCCC(=O)N3CCC[C@@H]3c3n[nH]c(C)n3)n2)c1. The van der Waals surface area contributed by atoms with E-state index in [0.29, 0.717) is 36.8 Å². The zero-order chi connectivity index (χ0) is 19.5. The smallest absolute Gasteiger partial charge is 0.226 e. The maximum atomic E-state index is 12.7. The van der Waals surface area contributed by atoms with Crippen molar-refractivity contribution in [2.75, 3.05) is 6.54 Å². The quantitative estimate of drug-likeness (QED) is 0.705. The molecule has 1 aliphatic rings. The lowest BCUT2D eigenvalue weighted by Crippen LogP contribution is -2.31. The minimum Gasteiger partial charge on any atom is -0.339 e. The molecule has 1 amide bonds. The molecular formula is C20H24N6O2. The average Bonchev–Trinajstić information content (AvgIpc) is 3.41. The Balaban J connectivity index is 1.32. The van der Waals surface area contributed by atoms with Crippen LogP contribution in [-0.2, 0) is 11.2 Å². The second-order valence-electron chi connectivity index (χ2n) is 7.26. The Morgan fingerprint density at radius 1 is 1.32 bits per heavy atom. The zero-order valence-electron chi connectivity index (χ0n) is 16.2. The van der Waals surface area contributed by atoms with Gasteiger partial charge in [-0.25, -0.2) is 4.98 Å². The molecule has 0 saturated carbocycles. The second kappa shape index (κ2) is 7.92. The first-order chi connectivity index (χ1) is 13.6. The van der Waals surface area contributed by atoms with E-state index in [9.17, 15) is 4.79 Å². The fraction of sp³-hybridized carbons (Fsp3) is 0.450. The third-order valence-electron chi connectivity index (χ3n) is 5.01. The number of rotatable bonds is 6. The number of aryl methyl sites for hydroxylation is 3. The minimum atomic E-state index is -0.0197. The Morgan fingerprint density at radius 3 is 3.00 bits per heavy atom. The van der Waals surface area contributed by atoms with E-state index in [1.807, 2.05) is 43.0 Å². The van der Waals surface area contributed by atoms with E-state index in [2.05, 4.69) is 25.3 Å². The van der Waals surface area contributed by atoms with Gasteiger partial charge in [-0.15, -0.1) is 0 Å². The predicted molar refractivity (Wildman–Crippen MR) is 102 cm³/mol. The molecule has 2 aromatic heterocycles. The molecule has 1 N–H and O–H groups in total. The van der Waals surface area contributed by atoms with Crippen molar-refractivity contribution < 1.29 is 9.32 Å². The van der Waals surface area contributed by atoms with Gasteiger partial charge < -0.3 is 9.42 Å². The molecule has 0 aliphatic carbocycles. The molecule has 1 fully saturated rings. The molecule has 8 nitrogen and oxygen atoms in total. The van der Waals surface area contributed by atoms with Crippen molar-refractivity contribution in [3.05, 3.63) is 47.4 Å².